The number of aromatic nitrogens is 4. The number of hydrazone groups is 2. The molecule has 30 heavy (non-hydrogen) atoms. The van der Waals surface area contributed by atoms with Crippen LogP contribution in [0.4, 0.5) is 11.9 Å². The molecular formula is C22H18N8. The number of imidazole rings is 2. The Morgan fingerprint density at radius 2 is 1.27 bits per heavy atom. The summed E-state index contributed by atoms with van der Waals surface area (Å²) in [5, 5.41) is 8.78. The molecule has 0 atom stereocenters. The highest BCUT2D eigenvalue weighted by atomic mass is 15.4. The molecule has 0 radical (unpaired) electrons. The largest absolute Gasteiger partial charge is 0.323 e. The first-order valence-corrected chi connectivity index (χ1v) is 9.43. The van der Waals surface area contributed by atoms with Crippen LogP contribution in [0.25, 0.3) is 22.1 Å². The van der Waals surface area contributed by atoms with Gasteiger partial charge < -0.3 is 9.97 Å². The normalized spacial score (nSPS) is 12.1. The Hall–Kier alpha value is -4.46. The highest BCUT2D eigenvalue weighted by Gasteiger charge is 2.04. The number of rotatable bonds is 6. The fourth-order valence-electron chi connectivity index (χ4n) is 3.06. The summed E-state index contributed by atoms with van der Waals surface area (Å²) in [4.78, 5) is 15.3. The zero-order chi connectivity index (χ0) is 20.2. The van der Waals surface area contributed by atoms with Gasteiger partial charge in [0.1, 0.15) is 5.71 Å². The number of fused-ring (bicyclic) bond motifs is 2. The van der Waals surface area contributed by atoms with E-state index in [9.17, 15) is 0 Å². The molecule has 2 aromatic heterocycles. The molecule has 0 aliphatic carbocycles. The van der Waals surface area contributed by atoms with Crippen LogP contribution in [-0.2, 0) is 0 Å². The summed E-state index contributed by atoms with van der Waals surface area (Å²) >= 11 is 0. The molecule has 0 saturated carbocycles. The van der Waals surface area contributed by atoms with E-state index >= 15 is 0 Å². The topological polar surface area (TPSA) is 106 Å². The summed E-state index contributed by atoms with van der Waals surface area (Å²) in [7, 11) is 0. The first kappa shape index (κ1) is 17.6. The highest BCUT2D eigenvalue weighted by molar-refractivity contribution is 6.38. The Bertz CT molecular complexity index is 1280. The van der Waals surface area contributed by atoms with Gasteiger partial charge in [0.05, 0.1) is 28.3 Å². The van der Waals surface area contributed by atoms with Gasteiger partial charge in [-0.1, -0.05) is 54.6 Å². The zero-order valence-electron chi connectivity index (χ0n) is 15.9. The van der Waals surface area contributed by atoms with Crippen LogP contribution in [-0.4, -0.2) is 31.9 Å². The summed E-state index contributed by atoms with van der Waals surface area (Å²) in [5.74, 6) is 1.12. The molecular weight excluding hydrogens is 376 g/mol. The minimum absolute atomic E-state index is 0.559. The molecule has 5 rings (SSSR count). The second-order valence-corrected chi connectivity index (χ2v) is 6.55. The van der Waals surface area contributed by atoms with E-state index in [2.05, 4.69) is 41.0 Å². The standard InChI is InChI=1S/C22H18N8/c1-2-8-15(9-3-1)20(28-30-22-26-18-12-6-7-13-19(18)27-22)14-23-29-21-24-16-10-4-5-11-17(16)25-21/h1-14H,(H2,24,25,29)(H2,26,27,30)/b23-14+,28-20+. The van der Waals surface area contributed by atoms with E-state index in [1.165, 1.54) is 0 Å². The zero-order valence-corrected chi connectivity index (χ0v) is 15.9. The van der Waals surface area contributed by atoms with Crippen LogP contribution < -0.4 is 10.9 Å². The molecule has 0 saturated heterocycles. The fourth-order valence-corrected chi connectivity index (χ4v) is 3.06. The van der Waals surface area contributed by atoms with E-state index in [0.717, 1.165) is 27.6 Å². The van der Waals surface area contributed by atoms with Crippen molar-refractivity contribution in [2.75, 3.05) is 10.9 Å². The van der Waals surface area contributed by atoms with Crippen molar-refractivity contribution in [3.63, 3.8) is 0 Å². The molecule has 146 valence electrons. The first-order valence-electron chi connectivity index (χ1n) is 9.43. The van der Waals surface area contributed by atoms with Gasteiger partial charge in [-0.05, 0) is 24.3 Å². The molecule has 0 fully saturated rings. The van der Waals surface area contributed by atoms with E-state index in [0.29, 0.717) is 17.6 Å². The first-order chi connectivity index (χ1) is 14.8. The smallest absolute Gasteiger partial charge is 0.222 e. The predicted molar refractivity (Wildman–Crippen MR) is 121 cm³/mol. The van der Waals surface area contributed by atoms with Gasteiger partial charge in [-0.15, -0.1) is 0 Å². The highest BCUT2D eigenvalue weighted by Crippen LogP contribution is 2.14. The molecule has 0 spiro atoms. The number of nitrogens with zero attached hydrogens (tertiary/aromatic N) is 4. The fraction of sp³-hybridized carbons (Fsp3) is 0. The SMILES string of the molecule is C(=N\Nc1nc2ccccc2[nH]1)/C(=N\Nc1nc2ccccc2[nH]1)c1ccccc1. The molecule has 5 aromatic rings. The van der Waals surface area contributed by atoms with E-state index in [-0.39, 0.29) is 0 Å². The molecule has 2 heterocycles. The summed E-state index contributed by atoms with van der Waals surface area (Å²) in [6.07, 6.45) is 1.64. The summed E-state index contributed by atoms with van der Waals surface area (Å²) in [6.45, 7) is 0. The predicted octanol–water partition coefficient (Wildman–Crippen LogP) is 4.35. The van der Waals surface area contributed by atoms with Gasteiger partial charge in [0.2, 0.25) is 11.9 Å². The third kappa shape index (κ3) is 3.74. The number of hydrogen-bond acceptors (Lipinski definition) is 6. The van der Waals surface area contributed by atoms with Crippen molar-refractivity contribution >= 4 is 45.9 Å². The summed E-state index contributed by atoms with van der Waals surface area (Å²) in [5.41, 5.74) is 11.1. The number of aromatic amines is 2. The van der Waals surface area contributed by atoms with Gasteiger partial charge in [-0.2, -0.15) is 10.2 Å². The van der Waals surface area contributed by atoms with Crippen LogP contribution in [0.5, 0.6) is 0 Å². The van der Waals surface area contributed by atoms with Crippen molar-refractivity contribution in [1.29, 1.82) is 0 Å². The Morgan fingerprint density at radius 1 is 0.700 bits per heavy atom. The Labute approximate surface area is 171 Å². The number of nitrogens with one attached hydrogen (secondary N) is 4. The lowest BCUT2D eigenvalue weighted by molar-refractivity contribution is 1.20. The van der Waals surface area contributed by atoms with Crippen molar-refractivity contribution in [3.05, 3.63) is 84.4 Å². The lowest BCUT2D eigenvalue weighted by atomic mass is 10.1. The van der Waals surface area contributed by atoms with Crippen LogP contribution in [0.3, 0.4) is 0 Å². The quantitative estimate of drug-likeness (QED) is 0.254. The maximum atomic E-state index is 4.49. The van der Waals surface area contributed by atoms with Crippen molar-refractivity contribution in [1.82, 2.24) is 19.9 Å². The number of H-pyrrole nitrogens is 2. The second-order valence-electron chi connectivity index (χ2n) is 6.55. The van der Waals surface area contributed by atoms with Crippen LogP contribution in [0.2, 0.25) is 0 Å². The van der Waals surface area contributed by atoms with Crippen LogP contribution in [0.15, 0.2) is 89.1 Å². The maximum absolute atomic E-state index is 4.49. The number of benzene rings is 3. The molecule has 4 N–H and O–H groups in total. The van der Waals surface area contributed by atoms with Gasteiger partial charge in [0.15, 0.2) is 0 Å². The van der Waals surface area contributed by atoms with Crippen molar-refractivity contribution in [2.24, 2.45) is 10.2 Å². The lowest BCUT2D eigenvalue weighted by Gasteiger charge is -2.02. The molecule has 0 unspecified atom stereocenters. The Balaban J connectivity index is 1.38. The molecule has 0 amide bonds. The molecule has 0 bridgehead atoms. The average molecular weight is 394 g/mol. The van der Waals surface area contributed by atoms with Crippen molar-refractivity contribution < 1.29 is 0 Å². The van der Waals surface area contributed by atoms with Crippen molar-refractivity contribution in [2.45, 2.75) is 0 Å². The molecule has 0 aliphatic heterocycles. The minimum atomic E-state index is 0.559. The lowest BCUT2D eigenvalue weighted by Crippen LogP contribution is -2.08. The van der Waals surface area contributed by atoms with Crippen LogP contribution >= 0.6 is 0 Å². The van der Waals surface area contributed by atoms with E-state index in [1.54, 1.807) is 6.21 Å². The summed E-state index contributed by atoms with van der Waals surface area (Å²) < 4.78 is 0. The number of para-hydroxylation sites is 4. The molecule has 3 aromatic carbocycles. The van der Waals surface area contributed by atoms with Gasteiger partial charge in [-0.3, -0.25) is 0 Å². The van der Waals surface area contributed by atoms with Gasteiger partial charge in [0, 0.05) is 5.56 Å². The molecule has 8 nitrogen and oxygen atoms in total. The molecule has 8 heteroatoms. The minimum Gasteiger partial charge on any atom is -0.323 e. The van der Waals surface area contributed by atoms with Crippen LogP contribution in [0.1, 0.15) is 5.56 Å². The summed E-state index contributed by atoms with van der Waals surface area (Å²) in [6, 6.07) is 25.4. The third-order valence-electron chi connectivity index (χ3n) is 4.49. The van der Waals surface area contributed by atoms with E-state index < -0.39 is 0 Å². The number of anilines is 2. The molecule has 0 aliphatic rings. The van der Waals surface area contributed by atoms with E-state index in [1.807, 2.05) is 78.9 Å². The Kier molecular flexibility index (Phi) is 4.63. The Morgan fingerprint density at radius 3 is 1.90 bits per heavy atom. The third-order valence-corrected chi connectivity index (χ3v) is 4.49. The van der Waals surface area contributed by atoms with Gasteiger partial charge >= 0.3 is 0 Å². The van der Waals surface area contributed by atoms with Gasteiger partial charge in [0.25, 0.3) is 0 Å². The number of hydrogen-bond donors (Lipinski definition) is 4. The van der Waals surface area contributed by atoms with Gasteiger partial charge in [-0.25, -0.2) is 20.8 Å². The monoisotopic (exact) mass is 394 g/mol. The van der Waals surface area contributed by atoms with Crippen molar-refractivity contribution in [3.8, 4) is 0 Å². The van der Waals surface area contributed by atoms with Crippen LogP contribution in [0, 0.1) is 0 Å². The average Bonchev–Trinajstić information content (AvgIpc) is 3.39. The second kappa shape index (κ2) is 7.88. The van der Waals surface area contributed by atoms with E-state index in [4.69, 9.17) is 0 Å². The maximum Gasteiger partial charge on any atom is 0.222 e.